The molecule has 0 bridgehead atoms. The maximum absolute atomic E-state index is 13.7. The second-order valence-corrected chi connectivity index (χ2v) is 24.9. The molecule has 3 aromatic heterocycles. The van der Waals surface area contributed by atoms with Crippen LogP contribution >= 0.6 is 0 Å². The quantitative estimate of drug-likeness (QED) is 0.164. The molecule has 0 spiro atoms. The molecule has 0 radical (unpaired) electrons. The van der Waals surface area contributed by atoms with Crippen molar-refractivity contribution >= 4 is 112 Å². The number of halogens is 2. The zero-order valence-electron chi connectivity index (χ0n) is 35.8. The van der Waals surface area contributed by atoms with E-state index in [9.17, 15) is 13.6 Å². The molecule has 3 aliphatic heterocycles. The van der Waals surface area contributed by atoms with Crippen molar-refractivity contribution in [1.82, 2.24) is 18.9 Å². The first-order valence-electron chi connectivity index (χ1n) is 21.6. The zero-order valence-corrected chi connectivity index (χ0v) is 41.5. The molecule has 2 fully saturated rings. The van der Waals surface area contributed by atoms with E-state index < -0.39 is 6.09 Å². The maximum atomic E-state index is 13.7. The highest BCUT2D eigenvalue weighted by Crippen LogP contribution is 2.38. The first-order chi connectivity index (χ1) is 32.9. The SMILES string of the molecule is Fc1ccc(-n2c(C3CCOCC3)cc3cc4c(cc32)C=NC4)cc1.O=C(OCc1ccccc1)n1ncc2cc3c(cc(C4CCOCC4)n3-c3ccc(F)cc3)cc21.S=S=S=S=S=S=S. The monoisotopic (exact) mass is 1030 g/mol. The largest absolute Gasteiger partial charge is 0.443 e. The van der Waals surface area contributed by atoms with Crippen LogP contribution in [-0.4, -0.2) is 57.7 Å². The number of ether oxygens (including phenoxy) is 3. The number of fused-ring (bicyclic) bond motifs is 4. The van der Waals surface area contributed by atoms with Crippen molar-refractivity contribution in [3.05, 3.63) is 161 Å². The van der Waals surface area contributed by atoms with E-state index in [1.54, 1.807) is 45.0 Å². The fourth-order valence-corrected chi connectivity index (χ4v) is 17.1. The molecule has 0 aliphatic carbocycles. The number of hydrogen-bond acceptors (Lipinski definition) is 8. The van der Waals surface area contributed by atoms with Gasteiger partial charge in [-0.2, -0.15) is 9.78 Å². The van der Waals surface area contributed by atoms with Gasteiger partial charge in [-0.1, -0.05) is 30.3 Å². The lowest BCUT2D eigenvalue weighted by molar-refractivity contribution is 0.0842. The van der Waals surface area contributed by atoms with Crippen LogP contribution in [0, 0.1) is 11.6 Å². The number of carbonyl (C=O) groups is 1. The molecule has 6 heterocycles. The lowest BCUT2D eigenvalue weighted by Crippen LogP contribution is -2.16. The summed E-state index contributed by atoms with van der Waals surface area (Å²) in [6.45, 7) is 3.99. The Labute approximate surface area is 410 Å². The molecule has 3 aliphatic rings. The van der Waals surface area contributed by atoms with Crippen LogP contribution in [0.1, 0.15) is 65.6 Å². The van der Waals surface area contributed by atoms with Gasteiger partial charge in [0, 0.05) is 150 Å². The molecule has 0 N–H and O–H groups in total. The van der Waals surface area contributed by atoms with Gasteiger partial charge >= 0.3 is 6.09 Å². The molecule has 8 aromatic rings. The van der Waals surface area contributed by atoms with Crippen molar-refractivity contribution < 1.29 is 27.8 Å². The molecular formula is C49H43F2N5O4S7. The summed E-state index contributed by atoms with van der Waals surface area (Å²) >= 11 is 9.14. The molecule has 344 valence electrons. The maximum Gasteiger partial charge on any atom is 0.435 e. The van der Waals surface area contributed by atoms with E-state index in [2.05, 4.69) is 65.9 Å². The fourth-order valence-electron chi connectivity index (χ4n) is 8.89. The van der Waals surface area contributed by atoms with E-state index in [1.807, 2.05) is 60.8 Å². The Bertz CT molecular complexity index is 3300. The highest BCUT2D eigenvalue weighted by Gasteiger charge is 2.25. The van der Waals surface area contributed by atoms with Gasteiger partial charge in [0.15, 0.2) is 0 Å². The summed E-state index contributed by atoms with van der Waals surface area (Å²) in [5, 5.41) is 7.35. The van der Waals surface area contributed by atoms with Crippen molar-refractivity contribution in [1.29, 1.82) is 0 Å². The zero-order chi connectivity index (χ0) is 46.1. The lowest BCUT2D eigenvalue weighted by atomic mass is 9.96. The van der Waals surface area contributed by atoms with Gasteiger partial charge in [0.2, 0.25) is 0 Å². The molecular weight excluding hydrogens is 985 g/mol. The van der Waals surface area contributed by atoms with Gasteiger partial charge in [-0.3, -0.25) is 4.99 Å². The molecule has 9 nitrogen and oxygen atoms in total. The Kier molecular flexibility index (Phi) is 15.8. The number of carbonyl (C=O) groups excluding carboxylic acids is 1. The van der Waals surface area contributed by atoms with Gasteiger partial charge < -0.3 is 23.3 Å². The van der Waals surface area contributed by atoms with Gasteiger partial charge in [0.05, 0.1) is 29.3 Å². The second-order valence-electron chi connectivity index (χ2n) is 16.0. The summed E-state index contributed by atoms with van der Waals surface area (Å²) in [6.07, 6.45) is 7.01. The second kappa shape index (κ2) is 22.5. The van der Waals surface area contributed by atoms with Gasteiger partial charge in [-0.15, -0.1) is 0 Å². The molecule has 0 amide bonds. The van der Waals surface area contributed by atoms with Crippen LogP contribution in [0.2, 0.25) is 0 Å². The molecule has 5 aromatic carbocycles. The van der Waals surface area contributed by atoms with Crippen molar-refractivity contribution in [3.63, 3.8) is 0 Å². The number of benzene rings is 5. The molecule has 11 rings (SSSR count). The minimum atomic E-state index is -0.522. The average Bonchev–Trinajstić information content (AvgIpc) is 4.18. The van der Waals surface area contributed by atoms with Crippen LogP contribution in [0.25, 0.3) is 44.1 Å². The minimum absolute atomic E-state index is 0.179. The number of aromatic nitrogens is 4. The van der Waals surface area contributed by atoms with Crippen LogP contribution in [0.4, 0.5) is 13.6 Å². The summed E-state index contributed by atoms with van der Waals surface area (Å²) in [5.74, 6) is 0.322. The predicted molar refractivity (Wildman–Crippen MR) is 280 cm³/mol. The van der Waals surface area contributed by atoms with Crippen LogP contribution in [0.3, 0.4) is 0 Å². The van der Waals surface area contributed by atoms with Crippen molar-refractivity contribution in [3.8, 4) is 11.4 Å². The van der Waals surface area contributed by atoms with Crippen LogP contribution in [0.15, 0.2) is 126 Å². The van der Waals surface area contributed by atoms with E-state index in [0.29, 0.717) is 17.4 Å². The van der Waals surface area contributed by atoms with Crippen LogP contribution in [0.5, 0.6) is 0 Å². The smallest absolute Gasteiger partial charge is 0.435 e. The minimum Gasteiger partial charge on any atom is -0.443 e. The first-order valence-corrected chi connectivity index (χ1v) is 29.6. The van der Waals surface area contributed by atoms with E-state index in [-0.39, 0.29) is 18.2 Å². The molecule has 2 saturated heterocycles. The third-order valence-corrected chi connectivity index (χ3v) is 20.9. The number of nitrogens with zero attached hydrogens (tertiary/aromatic N) is 5. The lowest BCUT2D eigenvalue weighted by Gasteiger charge is -2.24. The van der Waals surface area contributed by atoms with Gasteiger partial charge in [-0.25, -0.2) is 13.6 Å². The summed E-state index contributed by atoms with van der Waals surface area (Å²) in [7, 11) is 7.36. The molecule has 0 unspecified atom stereocenters. The van der Waals surface area contributed by atoms with Crippen molar-refractivity contribution in [2.24, 2.45) is 4.99 Å². The normalized spacial score (nSPS) is 14.7. The van der Waals surface area contributed by atoms with Crippen LogP contribution in [-0.2, 0) is 94.1 Å². The van der Waals surface area contributed by atoms with E-state index in [4.69, 9.17) is 14.2 Å². The Balaban J connectivity index is 0.000000153. The fraction of sp³-hybridized carbons (Fsp3) is 0.245. The topological polar surface area (TPSA) is 84.8 Å². The first kappa shape index (κ1) is 47.2. The summed E-state index contributed by atoms with van der Waals surface area (Å²) in [4.78, 5) is 17.2. The van der Waals surface area contributed by atoms with Gasteiger partial charge in [-0.05, 0) is 127 Å². The number of hydrogen-bond donors (Lipinski definition) is 0. The summed E-state index contributed by atoms with van der Waals surface area (Å²) in [6, 6.07) is 35.8. The van der Waals surface area contributed by atoms with Gasteiger partial charge in [0.25, 0.3) is 0 Å². The number of aliphatic imine (C=N–C) groups is 1. The summed E-state index contributed by atoms with van der Waals surface area (Å²) < 4.78 is 49.5. The molecule has 0 saturated carbocycles. The number of rotatable bonds is 6. The van der Waals surface area contributed by atoms with Crippen LogP contribution < -0.4 is 0 Å². The third kappa shape index (κ3) is 11.0. The molecule has 0 atom stereocenters. The molecule has 18 heteroatoms. The highest BCUT2D eigenvalue weighted by atomic mass is 33.4. The Hall–Kier alpha value is -4.89. The average molecular weight is 1030 g/mol. The third-order valence-electron chi connectivity index (χ3n) is 12.0. The summed E-state index contributed by atoms with van der Waals surface area (Å²) in [5.41, 5.74) is 10.6. The standard InChI is InChI=1S/C28H24FN3O3.C21H19FN2O.S7/c29-23-6-8-24(9-7-23)31-25(20-10-12-34-13-11-20)14-21-15-27-22(16-26(21)31)17-30-32(27)28(33)35-18-19-4-2-1-3-5-19;22-18-1-3-19(4-2-18)24-20(14-5-7-25-8-6-14)10-15-9-16-12-23-13-17(16)11-21(15)24;1-3-5-7-6-4-2/h1-9,14-17,20H,10-13,18H2;1-4,9-11,13-14H,5-8,12H2;. The van der Waals surface area contributed by atoms with E-state index >= 15 is 0 Å². The predicted octanol–water partition coefficient (Wildman–Crippen LogP) is 10.8. The Morgan fingerprint density at radius 2 is 1.19 bits per heavy atom. The van der Waals surface area contributed by atoms with E-state index in [0.717, 1.165) is 97.6 Å². The van der Waals surface area contributed by atoms with E-state index in [1.165, 1.54) is 74.4 Å². The van der Waals surface area contributed by atoms with Crippen molar-refractivity contribution in [2.45, 2.75) is 50.7 Å². The molecule has 67 heavy (non-hydrogen) atoms. The Morgan fingerprint density at radius 3 is 1.76 bits per heavy atom. The van der Waals surface area contributed by atoms with Crippen molar-refractivity contribution in [2.75, 3.05) is 26.4 Å². The Morgan fingerprint density at radius 1 is 0.657 bits per heavy atom. The highest BCUT2D eigenvalue weighted by molar-refractivity contribution is 8.68. The van der Waals surface area contributed by atoms with Gasteiger partial charge in [0.1, 0.15) is 18.2 Å².